The van der Waals surface area contributed by atoms with Gasteiger partial charge in [-0.05, 0) is 76.9 Å². The summed E-state index contributed by atoms with van der Waals surface area (Å²) in [4.78, 5) is 11.3. The summed E-state index contributed by atoms with van der Waals surface area (Å²) in [5, 5.41) is 23.7. The van der Waals surface area contributed by atoms with Gasteiger partial charge >= 0.3 is 5.97 Å². The lowest BCUT2D eigenvalue weighted by atomic mass is 9.98. The average molecular weight is 507 g/mol. The van der Waals surface area contributed by atoms with E-state index in [1.165, 1.54) is 30.2 Å². The van der Waals surface area contributed by atoms with Crippen LogP contribution in [0.25, 0.3) is 5.57 Å². The molecule has 6 nitrogen and oxygen atoms in total. The van der Waals surface area contributed by atoms with Crippen LogP contribution in [0, 0.1) is 5.92 Å². The smallest absolute Gasteiger partial charge is 0.328 e. The van der Waals surface area contributed by atoms with Crippen LogP contribution < -0.4 is 4.74 Å². The summed E-state index contributed by atoms with van der Waals surface area (Å²) in [5.41, 5.74) is 3.76. The number of phenolic OH excluding ortho intramolecular Hbond substituents is 1. The first-order chi connectivity index (χ1) is 17.5. The second-order valence-corrected chi connectivity index (χ2v) is 10.2. The van der Waals surface area contributed by atoms with E-state index in [-0.39, 0.29) is 18.0 Å². The lowest BCUT2D eigenvalue weighted by Crippen LogP contribution is -2.27. The van der Waals surface area contributed by atoms with Crippen LogP contribution in [0.2, 0.25) is 0 Å². The number of ether oxygens (including phenoxy) is 3. The lowest BCUT2D eigenvalue weighted by Gasteiger charge is -2.30. The highest BCUT2D eigenvalue weighted by molar-refractivity contribution is 7.08. The van der Waals surface area contributed by atoms with Crippen molar-refractivity contribution in [2.75, 3.05) is 13.2 Å². The van der Waals surface area contributed by atoms with Crippen molar-refractivity contribution in [1.82, 2.24) is 0 Å². The summed E-state index contributed by atoms with van der Waals surface area (Å²) in [6.45, 7) is 1.91. The molecule has 1 aromatic heterocycles. The molecule has 1 saturated carbocycles. The molecule has 1 aliphatic carbocycles. The van der Waals surface area contributed by atoms with E-state index in [2.05, 4.69) is 12.1 Å². The highest BCUT2D eigenvalue weighted by atomic mass is 32.1. The SMILES string of the molecule is O=C(O)/C=C(\c1ccsc1)c1ccc(OCc2cccc(C3CC(OCC4CC4)CCO3)c2)cc1O. The van der Waals surface area contributed by atoms with E-state index in [4.69, 9.17) is 14.2 Å². The van der Waals surface area contributed by atoms with Crippen LogP contribution in [0.15, 0.2) is 65.4 Å². The zero-order valence-electron chi connectivity index (χ0n) is 20.0. The molecule has 1 saturated heterocycles. The van der Waals surface area contributed by atoms with E-state index < -0.39 is 5.97 Å². The van der Waals surface area contributed by atoms with Crippen LogP contribution in [-0.2, 0) is 20.9 Å². The normalized spacial score (nSPS) is 20.3. The van der Waals surface area contributed by atoms with Gasteiger partial charge in [0, 0.05) is 42.9 Å². The second-order valence-electron chi connectivity index (χ2n) is 9.40. The number of carbonyl (C=O) groups is 1. The fourth-order valence-corrected chi connectivity index (χ4v) is 5.10. The maximum atomic E-state index is 11.3. The number of phenols is 1. The summed E-state index contributed by atoms with van der Waals surface area (Å²) >= 11 is 1.47. The van der Waals surface area contributed by atoms with Gasteiger partial charge in [0.2, 0.25) is 0 Å². The van der Waals surface area contributed by atoms with E-state index in [1.54, 1.807) is 12.1 Å². The highest BCUT2D eigenvalue weighted by Crippen LogP contribution is 2.35. The molecule has 2 atom stereocenters. The highest BCUT2D eigenvalue weighted by Gasteiger charge is 2.28. The Hall–Kier alpha value is -3.13. The Bertz CT molecular complexity index is 1210. The van der Waals surface area contributed by atoms with E-state index in [1.807, 2.05) is 29.0 Å². The molecule has 5 rings (SSSR count). The Balaban J connectivity index is 1.23. The quantitative estimate of drug-likeness (QED) is 0.319. The minimum absolute atomic E-state index is 0.0165. The Morgan fingerprint density at radius 3 is 2.78 bits per heavy atom. The van der Waals surface area contributed by atoms with Gasteiger partial charge in [-0.3, -0.25) is 0 Å². The number of carboxylic acids is 1. The third-order valence-corrected chi connectivity index (χ3v) is 7.27. The molecule has 2 N–H and O–H groups in total. The summed E-state index contributed by atoms with van der Waals surface area (Å²) < 4.78 is 18.1. The summed E-state index contributed by atoms with van der Waals surface area (Å²) in [5.74, 6) is 0.158. The lowest BCUT2D eigenvalue weighted by molar-refractivity contribution is -0.131. The van der Waals surface area contributed by atoms with Crippen molar-refractivity contribution in [2.45, 2.75) is 44.5 Å². The van der Waals surface area contributed by atoms with Gasteiger partial charge in [-0.25, -0.2) is 4.79 Å². The number of benzene rings is 2. The van der Waals surface area contributed by atoms with Crippen LogP contribution in [0.1, 0.15) is 54.0 Å². The zero-order valence-corrected chi connectivity index (χ0v) is 20.8. The standard InChI is InChI=1S/C29H30O6S/c30-27-13-23(6-7-25(27)26(15-29(31)32)22-9-11-36-18-22)35-17-20-2-1-3-21(12-20)28-14-24(8-10-33-28)34-16-19-4-5-19/h1-3,6-7,9,11-13,15,18-19,24,28,30H,4-5,8,10,14,16-17H2,(H,31,32)/b26-15+. The second kappa shape index (κ2) is 11.3. The summed E-state index contributed by atoms with van der Waals surface area (Å²) in [7, 11) is 0. The first kappa shape index (κ1) is 24.6. The number of carboxylic acid groups (broad SMARTS) is 1. The molecule has 0 amide bonds. The van der Waals surface area contributed by atoms with Gasteiger partial charge < -0.3 is 24.4 Å². The largest absolute Gasteiger partial charge is 0.507 e. The number of aromatic hydroxyl groups is 1. The molecule has 188 valence electrons. The molecule has 2 fully saturated rings. The number of thiophene rings is 1. The minimum atomic E-state index is -1.07. The van der Waals surface area contributed by atoms with Crippen molar-refractivity contribution in [3.63, 3.8) is 0 Å². The number of rotatable bonds is 10. The van der Waals surface area contributed by atoms with E-state index in [0.717, 1.165) is 48.1 Å². The van der Waals surface area contributed by atoms with Gasteiger partial charge in [-0.2, -0.15) is 11.3 Å². The Morgan fingerprint density at radius 1 is 1.14 bits per heavy atom. The van der Waals surface area contributed by atoms with Crippen molar-refractivity contribution in [1.29, 1.82) is 0 Å². The monoisotopic (exact) mass is 506 g/mol. The van der Waals surface area contributed by atoms with Gasteiger partial charge in [-0.1, -0.05) is 18.2 Å². The van der Waals surface area contributed by atoms with Gasteiger partial charge in [-0.15, -0.1) is 0 Å². The van der Waals surface area contributed by atoms with Gasteiger partial charge in [0.15, 0.2) is 0 Å². The molecule has 0 bridgehead atoms. The molecule has 2 aromatic carbocycles. The van der Waals surface area contributed by atoms with Crippen molar-refractivity contribution in [3.05, 3.63) is 87.6 Å². The first-order valence-electron chi connectivity index (χ1n) is 12.3. The van der Waals surface area contributed by atoms with E-state index in [9.17, 15) is 15.0 Å². The summed E-state index contributed by atoms with van der Waals surface area (Å²) in [6, 6.07) is 15.0. The number of hydrogen-bond acceptors (Lipinski definition) is 6. The molecule has 3 aromatic rings. The molecular formula is C29H30O6S. The fraction of sp³-hybridized carbons (Fsp3) is 0.345. The first-order valence-corrected chi connectivity index (χ1v) is 13.2. The van der Waals surface area contributed by atoms with Crippen LogP contribution in [0.5, 0.6) is 11.5 Å². The molecule has 2 heterocycles. The number of aliphatic carboxylic acids is 1. The molecular weight excluding hydrogens is 476 g/mol. The molecule has 36 heavy (non-hydrogen) atoms. The Kier molecular flexibility index (Phi) is 7.70. The molecule has 1 aliphatic heterocycles. The average Bonchev–Trinajstić information content (AvgIpc) is 3.56. The molecule has 2 unspecified atom stereocenters. The maximum Gasteiger partial charge on any atom is 0.328 e. The Morgan fingerprint density at radius 2 is 2.03 bits per heavy atom. The van der Waals surface area contributed by atoms with Crippen molar-refractivity contribution >= 4 is 22.9 Å². The molecule has 0 spiro atoms. The molecule has 7 heteroatoms. The van der Waals surface area contributed by atoms with Crippen molar-refractivity contribution < 1.29 is 29.2 Å². The third kappa shape index (κ3) is 6.35. The van der Waals surface area contributed by atoms with E-state index >= 15 is 0 Å². The Labute approximate surface area is 214 Å². The van der Waals surface area contributed by atoms with Crippen LogP contribution >= 0.6 is 11.3 Å². The predicted molar refractivity (Wildman–Crippen MR) is 138 cm³/mol. The van der Waals surface area contributed by atoms with Gasteiger partial charge in [0.25, 0.3) is 0 Å². The maximum absolute atomic E-state index is 11.3. The number of hydrogen-bond donors (Lipinski definition) is 2. The van der Waals surface area contributed by atoms with Crippen molar-refractivity contribution in [2.24, 2.45) is 5.92 Å². The third-order valence-electron chi connectivity index (χ3n) is 6.59. The van der Waals surface area contributed by atoms with Crippen molar-refractivity contribution in [3.8, 4) is 11.5 Å². The van der Waals surface area contributed by atoms with Crippen LogP contribution in [0.3, 0.4) is 0 Å². The van der Waals surface area contributed by atoms with E-state index in [0.29, 0.717) is 30.1 Å². The topological polar surface area (TPSA) is 85.2 Å². The fourth-order valence-electron chi connectivity index (χ4n) is 4.44. The molecule has 2 aliphatic rings. The summed E-state index contributed by atoms with van der Waals surface area (Å²) in [6.07, 6.45) is 5.78. The zero-order chi connectivity index (χ0) is 24.9. The van der Waals surface area contributed by atoms with Gasteiger partial charge in [0.05, 0.1) is 12.2 Å². The minimum Gasteiger partial charge on any atom is -0.507 e. The van der Waals surface area contributed by atoms with Crippen LogP contribution in [-0.4, -0.2) is 35.5 Å². The van der Waals surface area contributed by atoms with Crippen LogP contribution in [0.4, 0.5) is 0 Å². The van der Waals surface area contributed by atoms with Gasteiger partial charge in [0.1, 0.15) is 18.1 Å². The molecule has 0 radical (unpaired) electrons. The predicted octanol–water partition coefficient (Wildman–Crippen LogP) is 6.20.